The average molecular weight is 348 g/mol. The van der Waals surface area contributed by atoms with Gasteiger partial charge in [-0.2, -0.15) is 0 Å². The van der Waals surface area contributed by atoms with Gasteiger partial charge in [-0.05, 0) is 44.0 Å². The number of aromatic amines is 1. The second-order valence-corrected chi connectivity index (χ2v) is 6.53. The van der Waals surface area contributed by atoms with Gasteiger partial charge in [-0.25, -0.2) is 9.99 Å². The predicted octanol–water partition coefficient (Wildman–Crippen LogP) is 2.97. The Morgan fingerprint density at radius 2 is 1.85 bits per heavy atom. The van der Waals surface area contributed by atoms with Gasteiger partial charge in [0.2, 0.25) is 0 Å². The smallest absolute Gasteiger partial charge is 0.296 e. The van der Waals surface area contributed by atoms with E-state index in [1.165, 1.54) is 0 Å². The Morgan fingerprint density at radius 1 is 1.12 bits per heavy atom. The van der Waals surface area contributed by atoms with E-state index >= 15 is 0 Å². The molecule has 1 aliphatic rings. The molecular formula is C20H20N4O2. The van der Waals surface area contributed by atoms with E-state index in [0.717, 1.165) is 25.1 Å². The van der Waals surface area contributed by atoms with Crippen LogP contribution < -0.4 is 10.6 Å². The second-order valence-electron chi connectivity index (χ2n) is 6.53. The van der Waals surface area contributed by atoms with Crippen molar-refractivity contribution in [2.75, 3.05) is 11.6 Å². The van der Waals surface area contributed by atoms with Gasteiger partial charge in [0.05, 0.1) is 22.8 Å². The normalized spacial score (nSPS) is 17.5. The lowest BCUT2D eigenvalue weighted by atomic mass is 10.1. The maximum Gasteiger partial charge on any atom is 0.296 e. The maximum absolute atomic E-state index is 13.3. The van der Waals surface area contributed by atoms with Crippen molar-refractivity contribution in [2.45, 2.75) is 25.8 Å². The molecule has 0 spiro atoms. The highest BCUT2D eigenvalue weighted by Gasteiger charge is 2.33. The van der Waals surface area contributed by atoms with E-state index in [2.05, 4.69) is 9.97 Å². The predicted molar refractivity (Wildman–Crippen MR) is 101 cm³/mol. The van der Waals surface area contributed by atoms with Crippen LogP contribution in [0.1, 0.15) is 30.3 Å². The Balaban J connectivity index is 1.77. The quantitative estimate of drug-likeness (QED) is 0.773. The van der Waals surface area contributed by atoms with Gasteiger partial charge in [-0.1, -0.05) is 30.3 Å². The van der Waals surface area contributed by atoms with Crippen LogP contribution in [0, 0.1) is 0 Å². The third-order valence-corrected chi connectivity index (χ3v) is 4.73. The fourth-order valence-corrected chi connectivity index (χ4v) is 3.45. The molecule has 26 heavy (non-hydrogen) atoms. The number of amides is 1. The first-order chi connectivity index (χ1) is 12.6. The van der Waals surface area contributed by atoms with E-state index in [-0.39, 0.29) is 17.6 Å². The lowest BCUT2D eigenvalue weighted by Gasteiger charge is -2.44. The molecule has 1 aromatic heterocycles. The van der Waals surface area contributed by atoms with Crippen LogP contribution in [0.4, 0.5) is 5.69 Å². The van der Waals surface area contributed by atoms with E-state index in [9.17, 15) is 9.59 Å². The van der Waals surface area contributed by atoms with Gasteiger partial charge in [0.15, 0.2) is 5.69 Å². The topological polar surface area (TPSA) is 69.3 Å². The fourth-order valence-electron chi connectivity index (χ4n) is 3.45. The van der Waals surface area contributed by atoms with Crippen molar-refractivity contribution in [3.05, 3.63) is 70.6 Å². The minimum Gasteiger partial charge on any atom is -0.319 e. The molecule has 1 fully saturated rings. The summed E-state index contributed by atoms with van der Waals surface area (Å²) in [6, 6.07) is 17.0. The summed E-state index contributed by atoms with van der Waals surface area (Å²) in [7, 11) is 0. The summed E-state index contributed by atoms with van der Waals surface area (Å²) in [5.41, 5.74) is 1.63. The van der Waals surface area contributed by atoms with Crippen LogP contribution in [0.3, 0.4) is 0 Å². The molecule has 3 aromatic rings. The summed E-state index contributed by atoms with van der Waals surface area (Å²) in [6.45, 7) is 2.73. The Hall–Kier alpha value is -3.15. The van der Waals surface area contributed by atoms with Crippen molar-refractivity contribution in [3.63, 3.8) is 0 Å². The molecule has 6 nitrogen and oxygen atoms in total. The van der Waals surface area contributed by atoms with Gasteiger partial charge in [-0.15, -0.1) is 0 Å². The first-order valence-electron chi connectivity index (χ1n) is 8.80. The maximum atomic E-state index is 13.3. The second kappa shape index (κ2) is 6.63. The Labute approximate surface area is 151 Å². The van der Waals surface area contributed by atoms with E-state index < -0.39 is 5.56 Å². The van der Waals surface area contributed by atoms with E-state index in [4.69, 9.17) is 0 Å². The summed E-state index contributed by atoms with van der Waals surface area (Å²) in [4.78, 5) is 32.9. The van der Waals surface area contributed by atoms with Crippen LogP contribution >= 0.6 is 0 Å². The van der Waals surface area contributed by atoms with Gasteiger partial charge in [0.1, 0.15) is 0 Å². The molecule has 1 saturated heterocycles. The highest BCUT2D eigenvalue weighted by Crippen LogP contribution is 2.26. The minimum atomic E-state index is -0.459. The third-order valence-electron chi connectivity index (χ3n) is 4.73. The molecule has 2 heterocycles. The zero-order valence-corrected chi connectivity index (χ0v) is 14.6. The molecule has 0 radical (unpaired) electrons. The zero-order valence-electron chi connectivity index (χ0n) is 14.6. The number of H-pyrrole nitrogens is 1. The van der Waals surface area contributed by atoms with Crippen LogP contribution in [0.25, 0.3) is 11.0 Å². The summed E-state index contributed by atoms with van der Waals surface area (Å²) in [5.74, 6) is -0.368. The number of fused-ring (bicyclic) bond motifs is 1. The largest absolute Gasteiger partial charge is 0.319 e. The molecule has 1 atom stereocenters. The summed E-state index contributed by atoms with van der Waals surface area (Å²) >= 11 is 0. The van der Waals surface area contributed by atoms with Crippen molar-refractivity contribution in [1.82, 2.24) is 15.0 Å². The minimum absolute atomic E-state index is 0.0101. The number of carbonyl (C=O) groups excluding carboxylic acids is 1. The summed E-state index contributed by atoms with van der Waals surface area (Å²) in [5, 5.41) is 3.62. The Morgan fingerprint density at radius 3 is 2.65 bits per heavy atom. The number of hydrazine groups is 1. The number of benzene rings is 2. The standard InChI is InChI=1S/C20H20N4O2/c1-14-8-7-13-23(15-9-3-2-4-10-15)24(14)20(26)18-19(25)22-17-12-6-5-11-16(17)21-18/h2-6,9-12,14H,7-8,13H2,1H3,(H,22,25)/t14-/m1/s1. The number of carbonyl (C=O) groups is 1. The molecule has 4 rings (SSSR count). The highest BCUT2D eigenvalue weighted by atomic mass is 16.2. The molecule has 132 valence electrons. The molecule has 0 saturated carbocycles. The lowest BCUT2D eigenvalue weighted by molar-refractivity contribution is 0.0600. The number of nitrogens with one attached hydrogen (secondary N) is 1. The SMILES string of the molecule is C[C@@H]1CCCN(c2ccccc2)N1C(=O)c1nc2ccccc2[nH]c1=O. The van der Waals surface area contributed by atoms with Gasteiger partial charge in [0, 0.05) is 6.54 Å². The first-order valence-corrected chi connectivity index (χ1v) is 8.80. The average Bonchev–Trinajstić information content (AvgIpc) is 2.67. The lowest BCUT2D eigenvalue weighted by Crippen LogP contribution is -2.56. The van der Waals surface area contributed by atoms with Crippen LogP contribution in [0.5, 0.6) is 0 Å². The molecule has 1 amide bonds. The van der Waals surface area contributed by atoms with Crippen molar-refractivity contribution >= 4 is 22.6 Å². The van der Waals surface area contributed by atoms with Crippen LogP contribution in [0.2, 0.25) is 0 Å². The Kier molecular flexibility index (Phi) is 4.16. The number of aromatic nitrogens is 2. The number of hydrogen-bond acceptors (Lipinski definition) is 4. The monoisotopic (exact) mass is 348 g/mol. The number of anilines is 1. The molecule has 1 aliphatic heterocycles. The number of hydrogen-bond donors (Lipinski definition) is 1. The van der Waals surface area contributed by atoms with E-state index in [1.54, 1.807) is 17.1 Å². The molecule has 1 N–H and O–H groups in total. The molecule has 0 unspecified atom stereocenters. The van der Waals surface area contributed by atoms with Crippen molar-refractivity contribution in [1.29, 1.82) is 0 Å². The third kappa shape index (κ3) is 2.83. The van der Waals surface area contributed by atoms with Crippen LogP contribution in [0.15, 0.2) is 59.4 Å². The number of nitrogens with zero attached hydrogens (tertiary/aromatic N) is 3. The molecule has 0 bridgehead atoms. The van der Waals surface area contributed by atoms with Gasteiger partial charge < -0.3 is 4.98 Å². The fraction of sp³-hybridized carbons (Fsp3) is 0.250. The highest BCUT2D eigenvalue weighted by molar-refractivity contribution is 5.95. The van der Waals surface area contributed by atoms with Crippen LogP contribution in [-0.2, 0) is 0 Å². The Bertz CT molecular complexity index is 999. The molecule has 2 aromatic carbocycles. The van der Waals surface area contributed by atoms with Gasteiger partial charge in [-0.3, -0.25) is 14.6 Å². The van der Waals surface area contributed by atoms with Crippen molar-refractivity contribution in [2.24, 2.45) is 0 Å². The zero-order chi connectivity index (χ0) is 18.1. The van der Waals surface area contributed by atoms with Crippen LogP contribution in [-0.4, -0.2) is 33.5 Å². The van der Waals surface area contributed by atoms with E-state index in [1.807, 2.05) is 54.4 Å². The molecule has 0 aliphatic carbocycles. The number of para-hydroxylation sites is 3. The van der Waals surface area contributed by atoms with Crippen molar-refractivity contribution in [3.8, 4) is 0 Å². The van der Waals surface area contributed by atoms with Gasteiger partial charge in [0.25, 0.3) is 11.5 Å². The first kappa shape index (κ1) is 16.3. The number of rotatable bonds is 2. The molecule has 6 heteroatoms. The molecular weight excluding hydrogens is 328 g/mol. The summed E-state index contributed by atoms with van der Waals surface area (Å²) < 4.78 is 0. The van der Waals surface area contributed by atoms with Crippen molar-refractivity contribution < 1.29 is 4.79 Å². The summed E-state index contributed by atoms with van der Waals surface area (Å²) in [6.07, 6.45) is 1.88. The van der Waals surface area contributed by atoms with E-state index in [0.29, 0.717) is 11.0 Å². The van der Waals surface area contributed by atoms with Gasteiger partial charge >= 0.3 is 0 Å².